The van der Waals surface area contributed by atoms with Gasteiger partial charge in [-0.15, -0.1) is 0 Å². The van der Waals surface area contributed by atoms with Gasteiger partial charge in [-0.25, -0.2) is 0 Å². The van der Waals surface area contributed by atoms with E-state index < -0.39 is 17.7 Å². The van der Waals surface area contributed by atoms with Crippen molar-refractivity contribution in [1.82, 2.24) is 4.90 Å². The van der Waals surface area contributed by atoms with Gasteiger partial charge >= 0.3 is 6.18 Å². The summed E-state index contributed by atoms with van der Waals surface area (Å²) in [6.45, 7) is 7.86. The standard InChI is InChI=1S/C17H22F3NO/c1-12(2)11-21(13(3)4)16(22)10-15(17(18,19)20)14-8-6-5-7-9-14/h5-10,12-13H,11H2,1-4H3/b15-10-. The summed E-state index contributed by atoms with van der Waals surface area (Å²) < 4.78 is 39.8. The molecule has 0 saturated heterocycles. The smallest absolute Gasteiger partial charge is 0.336 e. The second-order valence-corrected chi connectivity index (χ2v) is 5.90. The van der Waals surface area contributed by atoms with Gasteiger partial charge in [0.2, 0.25) is 5.91 Å². The summed E-state index contributed by atoms with van der Waals surface area (Å²) in [7, 11) is 0. The zero-order chi connectivity index (χ0) is 16.9. The summed E-state index contributed by atoms with van der Waals surface area (Å²) in [5.74, 6) is -0.425. The second-order valence-electron chi connectivity index (χ2n) is 5.90. The average Bonchev–Trinajstić information content (AvgIpc) is 2.41. The number of carbonyl (C=O) groups is 1. The van der Waals surface area contributed by atoms with Gasteiger partial charge in [0, 0.05) is 18.7 Å². The van der Waals surface area contributed by atoms with Crippen molar-refractivity contribution in [2.75, 3.05) is 6.54 Å². The van der Waals surface area contributed by atoms with Crippen LogP contribution >= 0.6 is 0 Å². The molecule has 0 bridgehead atoms. The van der Waals surface area contributed by atoms with E-state index in [1.807, 2.05) is 13.8 Å². The van der Waals surface area contributed by atoms with Gasteiger partial charge in [-0.3, -0.25) is 4.79 Å². The number of halogens is 3. The van der Waals surface area contributed by atoms with E-state index in [4.69, 9.17) is 0 Å². The molecular formula is C17H22F3NO. The zero-order valence-electron chi connectivity index (χ0n) is 13.3. The Labute approximate surface area is 129 Å². The van der Waals surface area contributed by atoms with E-state index >= 15 is 0 Å². The van der Waals surface area contributed by atoms with Gasteiger partial charge in [0.25, 0.3) is 0 Å². The van der Waals surface area contributed by atoms with Crippen LogP contribution in [0.3, 0.4) is 0 Å². The fourth-order valence-corrected chi connectivity index (χ4v) is 2.10. The van der Waals surface area contributed by atoms with E-state index in [-0.39, 0.29) is 17.5 Å². The van der Waals surface area contributed by atoms with Crippen LogP contribution in [0, 0.1) is 5.92 Å². The largest absolute Gasteiger partial charge is 0.417 e. The van der Waals surface area contributed by atoms with Crippen LogP contribution in [-0.2, 0) is 4.79 Å². The highest BCUT2D eigenvalue weighted by molar-refractivity contribution is 5.96. The second kappa shape index (κ2) is 7.47. The molecule has 122 valence electrons. The quantitative estimate of drug-likeness (QED) is 0.732. The Balaban J connectivity index is 3.19. The third-order valence-electron chi connectivity index (χ3n) is 3.13. The lowest BCUT2D eigenvalue weighted by molar-refractivity contribution is -0.128. The molecule has 0 aliphatic carbocycles. The van der Waals surface area contributed by atoms with Crippen molar-refractivity contribution < 1.29 is 18.0 Å². The summed E-state index contributed by atoms with van der Waals surface area (Å²) >= 11 is 0. The molecule has 0 atom stereocenters. The minimum atomic E-state index is -4.57. The molecular weight excluding hydrogens is 291 g/mol. The number of hydrogen-bond donors (Lipinski definition) is 0. The van der Waals surface area contributed by atoms with Gasteiger partial charge < -0.3 is 4.90 Å². The third kappa shape index (κ3) is 5.20. The van der Waals surface area contributed by atoms with Crippen LogP contribution in [0.1, 0.15) is 33.3 Å². The number of benzene rings is 1. The first-order valence-electron chi connectivity index (χ1n) is 7.27. The first-order chi connectivity index (χ1) is 10.1. The molecule has 0 aliphatic rings. The minimum absolute atomic E-state index is 0.00315. The summed E-state index contributed by atoms with van der Waals surface area (Å²) in [6.07, 6.45) is -3.87. The van der Waals surface area contributed by atoms with Crippen molar-refractivity contribution in [3.63, 3.8) is 0 Å². The lowest BCUT2D eigenvalue weighted by atomic mass is 10.0. The summed E-state index contributed by atoms with van der Waals surface area (Å²) in [6, 6.07) is 7.24. The molecule has 2 nitrogen and oxygen atoms in total. The number of allylic oxidation sites excluding steroid dienone is 1. The monoisotopic (exact) mass is 313 g/mol. The molecule has 1 aromatic carbocycles. The van der Waals surface area contributed by atoms with E-state index in [0.717, 1.165) is 0 Å². The normalized spacial score (nSPS) is 12.9. The topological polar surface area (TPSA) is 20.3 Å². The highest BCUT2D eigenvalue weighted by Gasteiger charge is 2.35. The Kier molecular flexibility index (Phi) is 6.21. The van der Waals surface area contributed by atoms with Gasteiger partial charge in [0.15, 0.2) is 0 Å². The van der Waals surface area contributed by atoms with E-state index in [1.165, 1.54) is 29.2 Å². The molecule has 0 spiro atoms. The molecule has 1 aromatic rings. The molecule has 5 heteroatoms. The minimum Gasteiger partial charge on any atom is -0.336 e. The Bertz CT molecular complexity index is 518. The zero-order valence-corrected chi connectivity index (χ0v) is 13.3. The molecule has 22 heavy (non-hydrogen) atoms. The molecule has 0 N–H and O–H groups in total. The Morgan fingerprint density at radius 1 is 1.14 bits per heavy atom. The number of alkyl halides is 3. The molecule has 0 saturated carbocycles. The Morgan fingerprint density at radius 3 is 2.09 bits per heavy atom. The van der Waals surface area contributed by atoms with Crippen LogP contribution in [0.4, 0.5) is 13.2 Å². The van der Waals surface area contributed by atoms with Crippen LogP contribution in [-0.4, -0.2) is 29.6 Å². The maximum atomic E-state index is 13.3. The highest BCUT2D eigenvalue weighted by Crippen LogP contribution is 2.33. The number of rotatable bonds is 5. The first-order valence-corrected chi connectivity index (χ1v) is 7.27. The number of carbonyl (C=O) groups excluding carboxylic acids is 1. The summed E-state index contributed by atoms with van der Waals surface area (Å²) in [5.41, 5.74) is -0.913. The van der Waals surface area contributed by atoms with Crippen LogP contribution in [0.2, 0.25) is 0 Å². The molecule has 0 fully saturated rings. The van der Waals surface area contributed by atoms with Gasteiger partial charge in [-0.05, 0) is 25.3 Å². The predicted octanol–water partition coefficient (Wildman–Crippen LogP) is 4.53. The van der Waals surface area contributed by atoms with Crippen LogP contribution in [0.15, 0.2) is 36.4 Å². The van der Waals surface area contributed by atoms with Crippen molar-refractivity contribution in [2.45, 2.75) is 39.9 Å². The SMILES string of the molecule is CC(C)CN(C(=O)/C=C(/c1ccccc1)C(F)(F)F)C(C)C. The molecule has 0 aliphatic heterocycles. The van der Waals surface area contributed by atoms with Crippen LogP contribution < -0.4 is 0 Å². The van der Waals surface area contributed by atoms with Crippen molar-refractivity contribution in [1.29, 1.82) is 0 Å². The van der Waals surface area contributed by atoms with Gasteiger partial charge in [0.05, 0.1) is 5.57 Å². The number of hydrogen-bond acceptors (Lipinski definition) is 1. The van der Waals surface area contributed by atoms with Gasteiger partial charge in [-0.2, -0.15) is 13.2 Å². The van der Waals surface area contributed by atoms with Crippen molar-refractivity contribution in [2.24, 2.45) is 5.92 Å². The molecule has 1 rings (SSSR count). The lowest BCUT2D eigenvalue weighted by Gasteiger charge is -2.28. The molecule has 1 amide bonds. The Morgan fingerprint density at radius 2 is 1.68 bits per heavy atom. The van der Waals surface area contributed by atoms with E-state index in [2.05, 4.69) is 0 Å². The third-order valence-corrected chi connectivity index (χ3v) is 3.13. The molecule has 0 unspecified atom stereocenters. The van der Waals surface area contributed by atoms with Crippen molar-refractivity contribution in [3.05, 3.63) is 42.0 Å². The fourth-order valence-electron chi connectivity index (χ4n) is 2.10. The number of nitrogens with zero attached hydrogens (tertiary/aromatic N) is 1. The molecule has 0 heterocycles. The van der Waals surface area contributed by atoms with E-state index in [1.54, 1.807) is 19.9 Å². The highest BCUT2D eigenvalue weighted by atomic mass is 19.4. The maximum absolute atomic E-state index is 13.3. The molecule has 0 aromatic heterocycles. The van der Waals surface area contributed by atoms with Gasteiger partial charge in [-0.1, -0.05) is 44.2 Å². The average molecular weight is 313 g/mol. The molecule has 0 radical (unpaired) electrons. The fraction of sp³-hybridized carbons (Fsp3) is 0.471. The van der Waals surface area contributed by atoms with Crippen LogP contribution in [0.25, 0.3) is 5.57 Å². The van der Waals surface area contributed by atoms with E-state index in [0.29, 0.717) is 12.6 Å². The van der Waals surface area contributed by atoms with Gasteiger partial charge in [0.1, 0.15) is 0 Å². The lowest BCUT2D eigenvalue weighted by Crippen LogP contribution is -2.39. The predicted molar refractivity (Wildman–Crippen MR) is 82.2 cm³/mol. The van der Waals surface area contributed by atoms with Crippen molar-refractivity contribution in [3.8, 4) is 0 Å². The summed E-state index contributed by atoms with van der Waals surface area (Å²) in [5, 5.41) is 0. The van der Waals surface area contributed by atoms with Crippen LogP contribution in [0.5, 0.6) is 0 Å². The maximum Gasteiger partial charge on any atom is 0.417 e. The first kappa shape index (κ1) is 18.3. The Hall–Kier alpha value is -1.78. The summed E-state index contributed by atoms with van der Waals surface area (Å²) in [4.78, 5) is 13.8. The van der Waals surface area contributed by atoms with Crippen molar-refractivity contribution >= 4 is 11.5 Å². The van der Waals surface area contributed by atoms with E-state index in [9.17, 15) is 18.0 Å². The number of amides is 1.